The van der Waals surface area contributed by atoms with E-state index in [0.29, 0.717) is 26.3 Å². The van der Waals surface area contributed by atoms with Crippen molar-refractivity contribution in [2.75, 3.05) is 26.3 Å². The van der Waals surface area contributed by atoms with E-state index < -0.39 is 31.2 Å². The molecule has 20 heavy (non-hydrogen) atoms. The number of halogens is 3. The normalized spacial score (nSPS) is 16.2. The predicted octanol–water partition coefficient (Wildman–Crippen LogP) is 1.88. The second-order valence-corrected chi connectivity index (χ2v) is 7.08. The van der Waals surface area contributed by atoms with Crippen molar-refractivity contribution in [1.29, 1.82) is 0 Å². The number of morpholine rings is 1. The van der Waals surface area contributed by atoms with Crippen molar-refractivity contribution in [2.24, 2.45) is 0 Å². The number of hydrogen-bond acceptors (Lipinski definition) is 4. The molecule has 1 fully saturated rings. The van der Waals surface area contributed by atoms with Gasteiger partial charge in [-0.1, -0.05) is 11.6 Å². The molecule has 1 amide bonds. The van der Waals surface area contributed by atoms with Crippen molar-refractivity contribution < 1.29 is 22.3 Å². The smallest absolute Gasteiger partial charge is 0.264 e. The molecule has 0 N–H and O–H groups in total. The van der Waals surface area contributed by atoms with Crippen LogP contribution in [0.5, 0.6) is 0 Å². The molecular weight excluding hydrogens is 332 g/mol. The third kappa shape index (κ3) is 3.22. The number of benzene rings is 1. The zero-order valence-electron chi connectivity index (χ0n) is 10.1. The maximum atomic E-state index is 14.2. The minimum Gasteiger partial charge on any atom is -0.378 e. The van der Waals surface area contributed by atoms with Gasteiger partial charge in [0.25, 0.3) is 15.0 Å². The Morgan fingerprint density at radius 3 is 2.45 bits per heavy atom. The van der Waals surface area contributed by atoms with Crippen molar-refractivity contribution >= 4 is 37.2 Å². The zero-order valence-corrected chi connectivity index (χ0v) is 12.4. The molecule has 1 aromatic rings. The van der Waals surface area contributed by atoms with Crippen LogP contribution in [0.3, 0.4) is 0 Å². The van der Waals surface area contributed by atoms with Crippen molar-refractivity contribution in [3.63, 3.8) is 0 Å². The van der Waals surface area contributed by atoms with E-state index in [4.69, 9.17) is 27.0 Å². The molecule has 110 valence electrons. The van der Waals surface area contributed by atoms with Crippen molar-refractivity contribution in [2.45, 2.75) is 4.90 Å². The fourth-order valence-electron chi connectivity index (χ4n) is 1.83. The average molecular weight is 342 g/mol. The van der Waals surface area contributed by atoms with Crippen LogP contribution >= 0.6 is 22.3 Å². The molecule has 1 aliphatic heterocycles. The van der Waals surface area contributed by atoms with Crippen LogP contribution in [0.25, 0.3) is 0 Å². The summed E-state index contributed by atoms with van der Waals surface area (Å²) in [6, 6.07) is 1.95. The second kappa shape index (κ2) is 5.85. The van der Waals surface area contributed by atoms with E-state index in [-0.39, 0.29) is 5.02 Å². The Hall–Kier alpha value is -0.890. The lowest BCUT2D eigenvalue weighted by atomic mass is 10.1. The lowest BCUT2D eigenvalue weighted by Gasteiger charge is -2.27. The Morgan fingerprint density at radius 1 is 1.30 bits per heavy atom. The third-order valence-electron chi connectivity index (χ3n) is 2.80. The van der Waals surface area contributed by atoms with Gasteiger partial charge in [-0.15, -0.1) is 0 Å². The van der Waals surface area contributed by atoms with Crippen LogP contribution in [0.1, 0.15) is 10.4 Å². The summed E-state index contributed by atoms with van der Waals surface area (Å²) in [4.78, 5) is 12.7. The lowest BCUT2D eigenvalue weighted by molar-refractivity contribution is 0.0299. The molecule has 0 atom stereocenters. The van der Waals surface area contributed by atoms with Crippen LogP contribution in [0.15, 0.2) is 17.0 Å². The van der Waals surface area contributed by atoms with Gasteiger partial charge in [-0.25, -0.2) is 12.8 Å². The maximum absolute atomic E-state index is 14.2. The van der Waals surface area contributed by atoms with Crippen LogP contribution in [-0.2, 0) is 13.8 Å². The van der Waals surface area contributed by atoms with Crippen LogP contribution in [0, 0.1) is 5.82 Å². The van der Waals surface area contributed by atoms with Gasteiger partial charge < -0.3 is 9.64 Å². The first-order chi connectivity index (χ1) is 9.30. The zero-order chi connectivity index (χ0) is 14.9. The molecule has 5 nitrogen and oxygen atoms in total. The Kier molecular flexibility index (Phi) is 4.53. The van der Waals surface area contributed by atoms with E-state index in [1.165, 1.54) is 4.90 Å². The summed E-state index contributed by atoms with van der Waals surface area (Å²) in [5, 5.41) is -0.0813. The third-order valence-corrected chi connectivity index (χ3v) is 4.33. The summed E-state index contributed by atoms with van der Waals surface area (Å²) in [5.41, 5.74) is -0.418. The second-order valence-electron chi connectivity index (χ2n) is 4.11. The van der Waals surface area contributed by atoms with Crippen LogP contribution < -0.4 is 0 Å². The van der Waals surface area contributed by atoms with Gasteiger partial charge in [0.1, 0.15) is 4.90 Å². The number of carbonyl (C=O) groups excluding carboxylic acids is 1. The fraction of sp³-hybridized carbons (Fsp3) is 0.364. The Morgan fingerprint density at radius 2 is 1.90 bits per heavy atom. The predicted molar refractivity (Wildman–Crippen MR) is 71.2 cm³/mol. The van der Waals surface area contributed by atoms with Gasteiger partial charge in [-0.05, 0) is 12.1 Å². The highest BCUT2D eigenvalue weighted by Gasteiger charge is 2.27. The number of amides is 1. The van der Waals surface area contributed by atoms with Crippen LogP contribution in [0.4, 0.5) is 4.39 Å². The molecule has 1 aromatic carbocycles. The molecule has 0 unspecified atom stereocenters. The van der Waals surface area contributed by atoms with E-state index in [1.54, 1.807) is 0 Å². The summed E-state index contributed by atoms with van der Waals surface area (Å²) in [7, 11) is 0.802. The molecule has 1 saturated heterocycles. The van der Waals surface area contributed by atoms with Crippen molar-refractivity contribution in [3.05, 3.63) is 28.5 Å². The number of carbonyl (C=O) groups is 1. The molecule has 1 heterocycles. The van der Waals surface area contributed by atoms with Crippen molar-refractivity contribution in [1.82, 2.24) is 4.90 Å². The first-order valence-electron chi connectivity index (χ1n) is 5.61. The first-order valence-corrected chi connectivity index (χ1v) is 8.30. The Labute approximate surface area is 124 Å². The van der Waals surface area contributed by atoms with Crippen LogP contribution in [-0.4, -0.2) is 45.5 Å². The molecule has 0 radical (unpaired) electrons. The number of ether oxygens (including phenoxy) is 1. The van der Waals surface area contributed by atoms with Gasteiger partial charge >= 0.3 is 0 Å². The molecule has 0 saturated carbocycles. The molecule has 0 aliphatic carbocycles. The van der Waals surface area contributed by atoms with Gasteiger partial charge in [-0.2, -0.15) is 0 Å². The van der Waals surface area contributed by atoms with E-state index >= 15 is 0 Å². The van der Waals surface area contributed by atoms with Gasteiger partial charge in [0.05, 0.1) is 18.8 Å². The molecule has 2 rings (SSSR count). The van der Waals surface area contributed by atoms with Crippen molar-refractivity contribution in [3.8, 4) is 0 Å². The number of rotatable bonds is 2. The fourth-order valence-corrected chi connectivity index (χ4v) is 3.05. The summed E-state index contributed by atoms with van der Waals surface area (Å²) >= 11 is 5.73. The molecule has 1 aliphatic rings. The largest absolute Gasteiger partial charge is 0.378 e. The maximum Gasteiger partial charge on any atom is 0.264 e. The highest BCUT2D eigenvalue weighted by atomic mass is 35.7. The van der Waals surface area contributed by atoms with E-state index in [1.807, 2.05) is 0 Å². The average Bonchev–Trinajstić information content (AvgIpc) is 2.40. The minimum absolute atomic E-state index is 0.0813. The van der Waals surface area contributed by atoms with E-state index in [0.717, 1.165) is 12.1 Å². The first kappa shape index (κ1) is 15.5. The molecule has 0 spiro atoms. The standard InChI is InChI=1S/C11H10Cl2FNO4S/c12-7-5-8(10(14)9(6-7)20(13,17)18)11(16)15-1-3-19-4-2-15/h5-6H,1-4H2. The molecular formula is C11H10Cl2FNO4S. The van der Waals surface area contributed by atoms with Gasteiger partial charge in [0.15, 0.2) is 5.82 Å². The molecule has 9 heteroatoms. The van der Waals surface area contributed by atoms with E-state index in [9.17, 15) is 17.6 Å². The summed E-state index contributed by atoms with van der Waals surface area (Å²) < 4.78 is 41.8. The Balaban J connectivity index is 2.46. The van der Waals surface area contributed by atoms with Gasteiger partial charge in [-0.3, -0.25) is 4.79 Å². The summed E-state index contributed by atoms with van der Waals surface area (Å²) in [5.74, 6) is -1.84. The molecule has 0 bridgehead atoms. The summed E-state index contributed by atoms with van der Waals surface area (Å²) in [6.45, 7) is 1.28. The molecule has 0 aromatic heterocycles. The van der Waals surface area contributed by atoms with E-state index in [2.05, 4.69) is 0 Å². The number of nitrogens with zero attached hydrogens (tertiary/aromatic N) is 1. The minimum atomic E-state index is -4.33. The Bertz CT molecular complexity index is 644. The SMILES string of the molecule is O=C(c1cc(Cl)cc(S(=O)(=O)Cl)c1F)N1CCOCC1. The highest BCUT2D eigenvalue weighted by Crippen LogP contribution is 2.27. The van der Waals surface area contributed by atoms with Crippen LogP contribution in [0.2, 0.25) is 5.02 Å². The quantitative estimate of drug-likeness (QED) is 0.770. The monoisotopic (exact) mass is 341 g/mol. The number of hydrogen-bond donors (Lipinski definition) is 0. The highest BCUT2D eigenvalue weighted by molar-refractivity contribution is 8.13. The lowest BCUT2D eigenvalue weighted by Crippen LogP contribution is -2.41. The summed E-state index contributed by atoms with van der Waals surface area (Å²) in [6.07, 6.45) is 0. The topological polar surface area (TPSA) is 63.7 Å². The van der Waals surface area contributed by atoms with Gasteiger partial charge in [0, 0.05) is 28.8 Å². The van der Waals surface area contributed by atoms with Gasteiger partial charge in [0.2, 0.25) is 0 Å².